The summed E-state index contributed by atoms with van der Waals surface area (Å²) in [6.45, 7) is 6.36. The van der Waals surface area contributed by atoms with Crippen LogP contribution in [0.15, 0.2) is 0 Å². The molecule has 2 aliphatic rings. The van der Waals surface area contributed by atoms with Gasteiger partial charge in [-0.05, 0) is 6.54 Å². The maximum Gasteiger partial charge on any atom is 0.327 e. The monoisotopic (exact) mass is 317 g/mol. The van der Waals surface area contributed by atoms with Crippen LogP contribution in [-0.2, 0) is 9.53 Å². The second-order valence-electron chi connectivity index (χ2n) is 5.19. The minimum absolute atomic E-state index is 0.0231. The van der Waals surface area contributed by atoms with E-state index in [0.29, 0.717) is 25.4 Å². The Morgan fingerprint density at radius 2 is 2.24 bits per heavy atom. The fourth-order valence-corrected chi connectivity index (χ4v) is 3.58. The number of carboxylic acids is 1. The highest BCUT2D eigenvalue weighted by atomic mass is 32.2. The molecule has 0 radical (unpaired) electrons. The lowest BCUT2D eigenvalue weighted by atomic mass is 10.2. The van der Waals surface area contributed by atoms with Crippen molar-refractivity contribution >= 4 is 23.8 Å². The predicted molar refractivity (Wildman–Crippen MR) is 80.7 cm³/mol. The summed E-state index contributed by atoms with van der Waals surface area (Å²) in [6.07, 6.45) is -0.0231. The first kappa shape index (κ1) is 16.4. The molecule has 2 saturated heterocycles. The highest BCUT2D eigenvalue weighted by molar-refractivity contribution is 7.99. The quantitative estimate of drug-likeness (QED) is 0.755. The second kappa shape index (κ2) is 7.86. The molecule has 2 heterocycles. The number of aliphatic carboxylic acids is 1. The average Bonchev–Trinajstić information content (AvgIpc) is 2.52. The molecule has 8 heteroatoms. The summed E-state index contributed by atoms with van der Waals surface area (Å²) in [7, 11) is 0. The fourth-order valence-electron chi connectivity index (χ4n) is 2.55. The number of likely N-dealkylation sites (N-methyl/N-ethyl adjacent to an activating group) is 1. The van der Waals surface area contributed by atoms with Crippen LogP contribution in [0.3, 0.4) is 0 Å². The Balaban J connectivity index is 1.81. The Morgan fingerprint density at radius 1 is 1.43 bits per heavy atom. The molecule has 2 unspecified atom stereocenters. The number of carbonyl (C=O) groups excluding carboxylic acids is 1. The minimum atomic E-state index is -0.941. The van der Waals surface area contributed by atoms with Gasteiger partial charge in [0.05, 0.1) is 12.7 Å². The van der Waals surface area contributed by atoms with Crippen LogP contribution in [0, 0.1) is 0 Å². The van der Waals surface area contributed by atoms with Crippen molar-refractivity contribution in [2.45, 2.75) is 19.1 Å². The number of morpholine rings is 1. The van der Waals surface area contributed by atoms with E-state index in [1.807, 2.05) is 0 Å². The molecule has 0 aromatic carbocycles. The number of rotatable bonds is 4. The van der Waals surface area contributed by atoms with E-state index in [-0.39, 0.29) is 12.1 Å². The van der Waals surface area contributed by atoms with Gasteiger partial charge in [0.2, 0.25) is 0 Å². The summed E-state index contributed by atoms with van der Waals surface area (Å²) in [4.78, 5) is 27.1. The number of nitrogens with zero attached hydrogens (tertiary/aromatic N) is 2. The van der Waals surface area contributed by atoms with Crippen molar-refractivity contribution in [3.05, 3.63) is 0 Å². The minimum Gasteiger partial charge on any atom is -0.480 e. The lowest BCUT2D eigenvalue weighted by Crippen LogP contribution is -2.55. The van der Waals surface area contributed by atoms with Gasteiger partial charge in [-0.25, -0.2) is 9.59 Å². The molecule has 0 aromatic rings. The number of urea groups is 1. The van der Waals surface area contributed by atoms with Crippen molar-refractivity contribution in [3.8, 4) is 0 Å². The summed E-state index contributed by atoms with van der Waals surface area (Å²) in [5.74, 6) is 0.288. The van der Waals surface area contributed by atoms with Crippen molar-refractivity contribution in [2.24, 2.45) is 0 Å². The average molecular weight is 317 g/mol. The van der Waals surface area contributed by atoms with Crippen LogP contribution in [-0.4, -0.2) is 89.9 Å². The second-order valence-corrected chi connectivity index (χ2v) is 6.34. The smallest absolute Gasteiger partial charge is 0.327 e. The van der Waals surface area contributed by atoms with E-state index >= 15 is 0 Å². The van der Waals surface area contributed by atoms with Gasteiger partial charge in [-0.3, -0.25) is 4.90 Å². The summed E-state index contributed by atoms with van der Waals surface area (Å²) >= 11 is 1.57. The Kier molecular flexibility index (Phi) is 6.13. The van der Waals surface area contributed by atoms with Gasteiger partial charge in [-0.1, -0.05) is 6.92 Å². The third kappa shape index (κ3) is 4.49. The first-order valence-electron chi connectivity index (χ1n) is 7.30. The third-order valence-electron chi connectivity index (χ3n) is 3.83. The van der Waals surface area contributed by atoms with Crippen LogP contribution < -0.4 is 5.32 Å². The Labute approximate surface area is 129 Å². The summed E-state index contributed by atoms with van der Waals surface area (Å²) < 4.78 is 5.63. The molecule has 2 aliphatic heterocycles. The number of hydrogen-bond acceptors (Lipinski definition) is 5. The van der Waals surface area contributed by atoms with E-state index in [0.717, 1.165) is 25.4 Å². The van der Waals surface area contributed by atoms with Gasteiger partial charge >= 0.3 is 12.0 Å². The number of ether oxygens (including phenoxy) is 1. The normalized spacial score (nSPS) is 27.4. The Hall–Kier alpha value is -0.990. The fraction of sp³-hybridized carbons (Fsp3) is 0.846. The van der Waals surface area contributed by atoms with Crippen molar-refractivity contribution in [1.29, 1.82) is 0 Å². The third-order valence-corrected chi connectivity index (χ3v) is 4.85. The predicted octanol–water partition coefficient (Wildman–Crippen LogP) is -0.0813. The Morgan fingerprint density at radius 3 is 2.95 bits per heavy atom. The maximum absolute atomic E-state index is 12.2. The van der Waals surface area contributed by atoms with Crippen molar-refractivity contribution in [2.75, 3.05) is 50.8 Å². The first-order valence-corrected chi connectivity index (χ1v) is 8.46. The van der Waals surface area contributed by atoms with Crippen molar-refractivity contribution in [1.82, 2.24) is 15.1 Å². The lowest BCUT2D eigenvalue weighted by Gasteiger charge is -2.35. The topological polar surface area (TPSA) is 82.1 Å². The molecular weight excluding hydrogens is 294 g/mol. The zero-order valence-electron chi connectivity index (χ0n) is 12.3. The molecule has 2 N–H and O–H groups in total. The van der Waals surface area contributed by atoms with E-state index < -0.39 is 12.0 Å². The van der Waals surface area contributed by atoms with Gasteiger partial charge in [0, 0.05) is 37.7 Å². The molecule has 0 aliphatic carbocycles. The van der Waals surface area contributed by atoms with Gasteiger partial charge in [-0.2, -0.15) is 11.8 Å². The molecule has 2 amide bonds. The molecule has 0 spiro atoms. The molecule has 0 saturated carbocycles. The molecule has 0 aromatic heterocycles. The molecule has 0 bridgehead atoms. The number of carbonyl (C=O) groups is 2. The van der Waals surface area contributed by atoms with Crippen LogP contribution in [0.5, 0.6) is 0 Å². The Bertz CT molecular complexity index is 382. The van der Waals surface area contributed by atoms with Crippen LogP contribution in [0.4, 0.5) is 4.79 Å². The molecule has 2 atom stereocenters. The molecule has 7 nitrogen and oxygen atoms in total. The highest BCUT2D eigenvalue weighted by Gasteiger charge is 2.32. The van der Waals surface area contributed by atoms with Crippen molar-refractivity contribution in [3.63, 3.8) is 0 Å². The van der Waals surface area contributed by atoms with E-state index in [1.165, 1.54) is 4.90 Å². The first-order chi connectivity index (χ1) is 10.1. The summed E-state index contributed by atoms with van der Waals surface area (Å²) in [6, 6.07) is -1.04. The van der Waals surface area contributed by atoms with E-state index in [2.05, 4.69) is 17.1 Å². The lowest BCUT2D eigenvalue weighted by molar-refractivity contribution is -0.141. The standard InChI is InChI=1S/C13H23N3O4S/c1-2-15-3-5-20-10(8-15)7-14-13(19)16-4-6-21-9-11(16)12(17)18/h10-11H,2-9H2,1H3,(H,14,19)(H,17,18). The SMILES string of the molecule is CCN1CCOC(CNC(=O)N2CCSCC2C(=O)O)C1. The van der Waals surface area contributed by atoms with Gasteiger partial charge in [0.25, 0.3) is 0 Å². The largest absolute Gasteiger partial charge is 0.480 e. The van der Waals surface area contributed by atoms with E-state index in [1.54, 1.807) is 11.8 Å². The highest BCUT2D eigenvalue weighted by Crippen LogP contribution is 2.16. The van der Waals surface area contributed by atoms with E-state index in [4.69, 9.17) is 4.74 Å². The number of hydrogen-bond donors (Lipinski definition) is 2. The number of thioether (sulfide) groups is 1. The summed E-state index contributed by atoms with van der Waals surface area (Å²) in [5, 5.41) is 12.0. The molecule has 120 valence electrons. The van der Waals surface area contributed by atoms with Gasteiger partial charge in [0.1, 0.15) is 6.04 Å². The van der Waals surface area contributed by atoms with Crippen molar-refractivity contribution < 1.29 is 19.4 Å². The van der Waals surface area contributed by atoms with Crippen LogP contribution in [0.25, 0.3) is 0 Å². The molecule has 2 fully saturated rings. The van der Waals surface area contributed by atoms with Gasteiger partial charge in [0.15, 0.2) is 0 Å². The molecule has 21 heavy (non-hydrogen) atoms. The number of amides is 2. The van der Waals surface area contributed by atoms with E-state index in [9.17, 15) is 14.7 Å². The summed E-state index contributed by atoms with van der Waals surface area (Å²) in [5.41, 5.74) is 0. The van der Waals surface area contributed by atoms with Crippen LogP contribution >= 0.6 is 11.8 Å². The maximum atomic E-state index is 12.2. The van der Waals surface area contributed by atoms with Crippen LogP contribution in [0.2, 0.25) is 0 Å². The number of carboxylic acid groups (broad SMARTS) is 1. The van der Waals surface area contributed by atoms with Gasteiger partial charge in [-0.15, -0.1) is 0 Å². The zero-order valence-corrected chi connectivity index (χ0v) is 13.1. The molecular formula is C13H23N3O4S. The van der Waals surface area contributed by atoms with Crippen LogP contribution in [0.1, 0.15) is 6.92 Å². The van der Waals surface area contributed by atoms with Gasteiger partial charge < -0.3 is 20.1 Å². The zero-order chi connectivity index (χ0) is 15.2. The molecule has 2 rings (SSSR count). The number of nitrogens with one attached hydrogen (secondary N) is 1.